The average Bonchev–Trinajstić information content (AvgIpc) is 1.62. The lowest BCUT2D eigenvalue weighted by Crippen LogP contribution is -2.34. The number of halogens is 3. The highest BCUT2D eigenvalue weighted by Crippen LogP contribution is 2.08. The van der Waals surface area contributed by atoms with Gasteiger partial charge in [-0.25, -0.2) is 10.1 Å². The number of nitrogens with zero attached hydrogens (tertiary/aromatic N) is 1. The van der Waals surface area contributed by atoms with Crippen LogP contribution in [0.15, 0.2) is 4.36 Å². The molecular weight excluding hydrogens is 157 g/mol. The Morgan fingerprint density at radius 1 is 1.56 bits per heavy atom. The lowest BCUT2D eigenvalue weighted by molar-refractivity contribution is -0.144. The van der Waals surface area contributed by atoms with Gasteiger partial charge in [-0.15, -0.1) is 4.36 Å². The molecule has 0 fully saturated rings. The van der Waals surface area contributed by atoms with Crippen LogP contribution in [-0.4, -0.2) is 12.3 Å². The summed E-state index contributed by atoms with van der Waals surface area (Å²) in [5.41, 5.74) is 0. The Bertz CT molecular complexity index is 132. The van der Waals surface area contributed by atoms with Gasteiger partial charge in [-0.2, -0.15) is 13.2 Å². The number of alkyl halides is 3. The van der Waals surface area contributed by atoms with Crippen molar-refractivity contribution in [3.05, 3.63) is 0 Å². The quantitative estimate of drug-likeness (QED) is 0.533. The third-order valence-corrected chi connectivity index (χ3v) is 0.497. The summed E-state index contributed by atoms with van der Waals surface area (Å²) < 4.78 is 35.5. The molecule has 7 heteroatoms. The van der Waals surface area contributed by atoms with Gasteiger partial charge < -0.3 is 0 Å². The second-order valence-corrected chi connectivity index (χ2v) is 1.20. The molecule has 0 aliphatic carbocycles. The zero-order chi connectivity index (χ0) is 7.49. The molecular formula is C2HF3N2OS. The van der Waals surface area contributed by atoms with Crippen molar-refractivity contribution < 1.29 is 18.0 Å². The number of hydrogen-bond donors (Lipinski definition) is 1. The van der Waals surface area contributed by atoms with E-state index in [1.165, 1.54) is 0 Å². The van der Waals surface area contributed by atoms with Crippen LogP contribution < -0.4 is 5.32 Å². The first-order chi connectivity index (χ1) is 3.95. The smallest absolute Gasteiger partial charge is 0.246 e. The predicted octanol–water partition coefficient (Wildman–Crippen LogP) is 0.946. The molecule has 9 heavy (non-hydrogen) atoms. The summed E-state index contributed by atoms with van der Waals surface area (Å²) in [7, 11) is 0. The van der Waals surface area contributed by atoms with Crippen LogP contribution in [0.25, 0.3) is 0 Å². The van der Waals surface area contributed by atoms with E-state index in [0.29, 0.717) is 5.32 Å². The van der Waals surface area contributed by atoms with Gasteiger partial charge in [0, 0.05) is 12.4 Å². The average molecular weight is 158 g/mol. The first kappa shape index (κ1) is 8.28. The molecule has 0 heterocycles. The minimum Gasteiger partial charge on any atom is -0.246 e. The number of amides is 2. The lowest BCUT2D eigenvalue weighted by Gasteiger charge is -2.02. The van der Waals surface area contributed by atoms with Crippen LogP contribution in [0.4, 0.5) is 18.0 Å². The number of urea groups is 1. The van der Waals surface area contributed by atoms with Crippen molar-refractivity contribution in [2.75, 3.05) is 0 Å². The predicted molar refractivity (Wildman–Crippen MR) is 24.4 cm³/mol. The maximum absolute atomic E-state index is 11.1. The van der Waals surface area contributed by atoms with Crippen LogP contribution in [0.5, 0.6) is 0 Å². The first-order valence-corrected chi connectivity index (χ1v) is 2.04. The van der Waals surface area contributed by atoms with Crippen LogP contribution in [0, 0.1) is 0 Å². The summed E-state index contributed by atoms with van der Waals surface area (Å²) in [5, 5.41) is 0.559. The van der Waals surface area contributed by atoms with E-state index in [1.54, 1.807) is 0 Å². The van der Waals surface area contributed by atoms with E-state index in [4.69, 9.17) is 0 Å². The van der Waals surface area contributed by atoms with Gasteiger partial charge in [0.25, 0.3) is 0 Å². The highest BCUT2D eigenvalue weighted by atomic mass is 32.1. The van der Waals surface area contributed by atoms with Gasteiger partial charge in [0.15, 0.2) is 0 Å². The van der Waals surface area contributed by atoms with E-state index in [2.05, 4.69) is 16.8 Å². The fraction of sp³-hybridized carbons (Fsp3) is 0.500. The molecule has 0 aliphatic heterocycles. The van der Waals surface area contributed by atoms with Gasteiger partial charge in [-0.3, -0.25) is 0 Å². The number of carbonyl (C=O) groups is 1. The van der Waals surface area contributed by atoms with Crippen molar-refractivity contribution in [3.63, 3.8) is 0 Å². The highest BCUT2D eigenvalue weighted by Gasteiger charge is 2.29. The van der Waals surface area contributed by atoms with Gasteiger partial charge in [-0.05, 0) is 0 Å². The zero-order valence-electron chi connectivity index (χ0n) is 3.90. The molecule has 0 aromatic carbocycles. The Morgan fingerprint density at radius 3 is 2.11 bits per heavy atom. The third kappa shape index (κ3) is 5.15. The van der Waals surface area contributed by atoms with Gasteiger partial charge in [0.1, 0.15) is 0 Å². The number of rotatable bonds is 0. The molecule has 0 aromatic heterocycles. The Labute approximate surface area is 53.4 Å². The molecule has 1 N–H and O–H groups in total. The van der Waals surface area contributed by atoms with Crippen LogP contribution in [-0.2, 0) is 12.4 Å². The SMILES string of the molecule is O=C(N=S)NC(F)(F)F. The van der Waals surface area contributed by atoms with Crippen molar-refractivity contribution in [2.24, 2.45) is 4.36 Å². The fourth-order valence-corrected chi connectivity index (χ4v) is 0.190. The van der Waals surface area contributed by atoms with Crippen molar-refractivity contribution in [2.45, 2.75) is 6.30 Å². The molecule has 0 atom stereocenters. The van der Waals surface area contributed by atoms with Crippen LogP contribution in [0.3, 0.4) is 0 Å². The van der Waals surface area contributed by atoms with Crippen LogP contribution in [0.2, 0.25) is 0 Å². The maximum Gasteiger partial charge on any atom is 0.486 e. The number of hydrogen-bond acceptors (Lipinski definition) is 2. The molecule has 0 rings (SSSR count). The van der Waals surface area contributed by atoms with Crippen molar-refractivity contribution >= 4 is 18.5 Å². The minimum absolute atomic E-state index is 0.559. The van der Waals surface area contributed by atoms with Crippen molar-refractivity contribution in [1.82, 2.24) is 5.32 Å². The van der Waals surface area contributed by atoms with Crippen LogP contribution in [0.1, 0.15) is 0 Å². The van der Waals surface area contributed by atoms with Crippen molar-refractivity contribution in [1.29, 1.82) is 0 Å². The molecule has 0 saturated heterocycles. The Kier molecular flexibility index (Phi) is 2.50. The number of carbonyl (C=O) groups excluding carboxylic acids is 1. The second-order valence-electron chi connectivity index (χ2n) is 1.02. The second kappa shape index (κ2) is 2.72. The summed E-state index contributed by atoms with van der Waals surface area (Å²) in [5.74, 6) is 0. The topological polar surface area (TPSA) is 41.5 Å². The highest BCUT2D eigenvalue weighted by molar-refractivity contribution is 7.47. The monoisotopic (exact) mass is 158 g/mol. The van der Waals surface area contributed by atoms with E-state index in [9.17, 15) is 18.0 Å². The molecule has 0 bridgehead atoms. The van der Waals surface area contributed by atoms with E-state index in [0.717, 1.165) is 0 Å². The standard InChI is InChI=1S/C2HF3N2OS/c3-2(4,5)6-1(8)7-9/h(H,6,8). The molecule has 0 spiro atoms. The first-order valence-electron chi connectivity index (χ1n) is 1.68. The van der Waals surface area contributed by atoms with Crippen LogP contribution >= 0.6 is 0 Å². The van der Waals surface area contributed by atoms with E-state index >= 15 is 0 Å². The molecule has 0 saturated carbocycles. The van der Waals surface area contributed by atoms with E-state index in [1.807, 2.05) is 0 Å². The Balaban J connectivity index is 3.74. The fourth-order valence-electron chi connectivity index (χ4n) is 0.144. The lowest BCUT2D eigenvalue weighted by atomic mass is 11.0. The summed E-state index contributed by atoms with van der Waals surface area (Å²) in [6, 6.07) is -1.57. The summed E-state index contributed by atoms with van der Waals surface area (Å²) in [4.78, 5) is 9.73. The largest absolute Gasteiger partial charge is 0.486 e. The molecule has 0 unspecified atom stereocenters. The maximum atomic E-state index is 11.1. The Morgan fingerprint density at radius 2 is 2.00 bits per heavy atom. The molecule has 2 amide bonds. The summed E-state index contributed by atoms with van der Waals surface area (Å²) in [6.07, 6.45) is -4.74. The summed E-state index contributed by atoms with van der Waals surface area (Å²) in [6.45, 7) is 0. The molecule has 3 nitrogen and oxygen atoms in total. The van der Waals surface area contributed by atoms with E-state index < -0.39 is 12.3 Å². The minimum atomic E-state index is -4.74. The normalized spacial score (nSPS) is 10.6. The zero-order valence-corrected chi connectivity index (χ0v) is 4.71. The molecule has 0 radical (unpaired) electrons. The van der Waals surface area contributed by atoms with E-state index in [-0.39, 0.29) is 0 Å². The summed E-state index contributed by atoms with van der Waals surface area (Å²) >= 11 is 3.66. The number of nitrogens with one attached hydrogen (secondary N) is 1. The van der Waals surface area contributed by atoms with Gasteiger partial charge >= 0.3 is 12.3 Å². The van der Waals surface area contributed by atoms with Crippen molar-refractivity contribution in [3.8, 4) is 0 Å². The molecule has 0 aromatic rings. The molecule has 0 aliphatic rings. The Hall–Kier alpha value is -0.720. The third-order valence-electron chi connectivity index (χ3n) is 0.332. The van der Waals surface area contributed by atoms with Gasteiger partial charge in [-0.1, -0.05) is 0 Å². The van der Waals surface area contributed by atoms with Gasteiger partial charge in [0.05, 0.1) is 0 Å². The van der Waals surface area contributed by atoms with Gasteiger partial charge in [0.2, 0.25) is 0 Å². The molecule has 52 valence electrons.